The summed E-state index contributed by atoms with van der Waals surface area (Å²) >= 11 is 0. The van der Waals surface area contributed by atoms with Crippen LogP contribution in [0, 0.1) is 23.7 Å². The largest absolute Gasteiger partial charge is 0.294 e. The van der Waals surface area contributed by atoms with Gasteiger partial charge in [-0.05, 0) is 49.1 Å². The molecule has 2 amide bonds. The van der Waals surface area contributed by atoms with Gasteiger partial charge in [-0.1, -0.05) is 33.8 Å². The van der Waals surface area contributed by atoms with Gasteiger partial charge in [-0.3, -0.25) is 25.2 Å². The van der Waals surface area contributed by atoms with E-state index in [1.54, 1.807) is 23.9 Å². The van der Waals surface area contributed by atoms with Gasteiger partial charge in [0.25, 0.3) is 0 Å². The van der Waals surface area contributed by atoms with Gasteiger partial charge in [0, 0.05) is 18.6 Å². The monoisotopic (exact) mass is 456 g/mol. The molecule has 0 spiro atoms. The summed E-state index contributed by atoms with van der Waals surface area (Å²) in [5, 5.41) is 9.52. The highest BCUT2D eigenvalue weighted by atomic mass is 32.2. The molecule has 10 heteroatoms. The number of carbonyl (C=O) groups is 2. The highest BCUT2D eigenvalue weighted by Gasteiger charge is 2.55. The van der Waals surface area contributed by atoms with Gasteiger partial charge in [0.1, 0.15) is 0 Å². The fraction of sp³-hybridized carbons (Fsp3) is 0.667. The predicted molar refractivity (Wildman–Crippen MR) is 118 cm³/mol. The number of hydrogen-bond acceptors (Lipinski definition) is 7. The van der Waals surface area contributed by atoms with Crippen molar-refractivity contribution in [3.05, 3.63) is 30.1 Å². The number of nitrogens with zero attached hydrogens (tertiary/aromatic N) is 1. The Balaban J connectivity index is 3.72. The van der Waals surface area contributed by atoms with Crippen molar-refractivity contribution in [3.63, 3.8) is 0 Å². The van der Waals surface area contributed by atoms with Gasteiger partial charge < -0.3 is 0 Å². The molecule has 0 fully saturated rings. The minimum atomic E-state index is -3.88. The molecule has 0 bridgehead atoms. The third kappa shape index (κ3) is 6.98. The molecule has 1 unspecified atom stereocenters. The van der Waals surface area contributed by atoms with Crippen molar-refractivity contribution in [2.24, 2.45) is 29.5 Å². The van der Waals surface area contributed by atoms with E-state index in [0.29, 0.717) is 6.42 Å². The Morgan fingerprint density at radius 2 is 1.84 bits per heavy atom. The first-order chi connectivity index (χ1) is 14.4. The van der Waals surface area contributed by atoms with Gasteiger partial charge in [0.2, 0.25) is 11.8 Å². The van der Waals surface area contributed by atoms with Crippen LogP contribution in [0.4, 0.5) is 0 Å². The Labute approximate surface area is 185 Å². The van der Waals surface area contributed by atoms with Crippen LogP contribution in [0.2, 0.25) is 0 Å². The van der Waals surface area contributed by atoms with Crippen molar-refractivity contribution in [1.29, 1.82) is 0 Å². The first kappa shape index (κ1) is 27.0. The number of hydrazine groups is 1. The first-order valence-electron chi connectivity index (χ1n) is 10.4. The summed E-state index contributed by atoms with van der Waals surface area (Å²) in [5.74, 6) is 1.35. The van der Waals surface area contributed by atoms with Gasteiger partial charge in [0.05, 0.1) is 16.6 Å². The van der Waals surface area contributed by atoms with Gasteiger partial charge in [-0.15, -0.1) is 0 Å². The first-order valence-corrected chi connectivity index (χ1v) is 12.3. The zero-order valence-corrected chi connectivity index (χ0v) is 19.8. The Hall–Kier alpha value is -2.04. The number of amides is 2. The van der Waals surface area contributed by atoms with Crippen LogP contribution in [0.15, 0.2) is 24.5 Å². The number of nitrogens with one attached hydrogen (secondary N) is 2. The summed E-state index contributed by atoms with van der Waals surface area (Å²) in [6.07, 6.45) is 5.13. The Bertz CT molecular complexity index is 829. The van der Waals surface area contributed by atoms with Gasteiger partial charge in [-0.2, -0.15) is 0 Å². The normalized spacial score (nSPS) is 15.9. The van der Waals surface area contributed by atoms with Gasteiger partial charge >= 0.3 is 0 Å². The molecule has 0 aliphatic rings. The summed E-state index contributed by atoms with van der Waals surface area (Å²) in [4.78, 5) is 29.8. The fourth-order valence-corrected chi connectivity index (χ4v) is 6.25. The molecule has 0 saturated heterocycles. The third-order valence-corrected chi connectivity index (χ3v) is 7.72. The third-order valence-electron chi connectivity index (χ3n) is 5.62. The van der Waals surface area contributed by atoms with Crippen LogP contribution in [0.3, 0.4) is 0 Å². The highest BCUT2D eigenvalue weighted by Crippen LogP contribution is 2.43. The number of sulfone groups is 1. The molecule has 0 aromatic carbocycles. The number of aryl methyl sites for hydroxylation is 1. The molecule has 1 heterocycles. The highest BCUT2D eigenvalue weighted by molar-refractivity contribution is 7.92. The van der Waals surface area contributed by atoms with Crippen LogP contribution >= 0.6 is 0 Å². The molecular formula is C21H36N4O5S. The van der Waals surface area contributed by atoms with E-state index in [0.717, 1.165) is 11.8 Å². The van der Waals surface area contributed by atoms with Crippen molar-refractivity contribution in [3.8, 4) is 0 Å². The number of pyridine rings is 1. The van der Waals surface area contributed by atoms with E-state index in [1.807, 2.05) is 33.8 Å². The van der Waals surface area contributed by atoms with E-state index < -0.39 is 38.2 Å². The van der Waals surface area contributed by atoms with Crippen molar-refractivity contribution in [2.45, 2.75) is 58.1 Å². The maximum atomic E-state index is 13.3. The van der Waals surface area contributed by atoms with Crippen LogP contribution in [-0.4, -0.2) is 41.4 Å². The van der Waals surface area contributed by atoms with Crippen molar-refractivity contribution >= 4 is 21.7 Å². The van der Waals surface area contributed by atoms with Crippen LogP contribution in [0.5, 0.6) is 0 Å². The van der Waals surface area contributed by atoms with Crippen LogP contribution in [0.1, 0.15) is 52.5 Å². The van der Waals surface area contributed by atoms with Crippen LogP contribution < -0.4 is 16.7 Å². The van der Waals surface area contributed by atoms with Crippen LogP contribution in [-0.2, 0) is 25.8 Å². The fourth-order valence-electron chi connectivity index (χ4n) is 4.41. The summed E-state index contributed by atoms with van der Waals surface area (Å²) in [5.41, 5.74) is 4.50. The second-order valence-electron chi connectivity index (χ2n) is 8.99. The number of hydrogen-bond donors (Lipinski definition) is 4. The molecule has 3 atom stereocenters. The number of hydroxylamine groups is 1. The summed E-state index contributed by atoms with van der Waals surface area (Å²) in [6.45, 7) is 7.45. The molecule has 1 aromatic heterocycles. The van der Waals surface area contributed by atoms with E-state index >= 15 is 0 Å². The molecule has 0 radical (unpaired) electrons. The topological polar surface area (TPSA) is 151 Å². The van der Waals surface area contributed by atoms with Crippen molar-refractivity contribution in [1.82, 2.24) is 15.9 Å². The summed E-state index contributed by atoms with van der Waals surface area (Å²) in [7, 11) is -3.88. The quantitative estimate of drug-likeness (QED) is 0.161. The molecule has 1 rings (SSSR count). The molecule has 0 aliphatic carbocycles. The molecular weight excluding hydrogens is 420 g/mol. The smallest absolute Gasteiger partial charge is 0.248 e. The predicted octanol–water partition coefficient (Wildman–Crippen LogP) is 1.62. The molecule has 0 aliphatic heterocycles. The lowest BCUT2D eigenvalue weighted by Gasteiger charge is -2.43. The van der Waals surface area contributed by atoms with E-state index in [2.05, 4.69) is 10.4 Å². The number of aromatic nitrogens is 1. The maximum Gasteiger partial charge on any atom is 0.248 e. The minimum Gasteiger partial charge on any atom is -0.294 e. The van der Waals surface area contributed by atoms with E-state index in [9.17, 15) is 23.2 Å². The average molecular weight is 457 g/mol. The lowest BCUT2D eigenvalue weighted by atomic mass is 9.71. The second-order valence-corrected chi connectivity index (χ2v) is 11.4. The average Bonchev–Trinajstić information content (AvgIpc) is 2.69. The zero-order valence-electron chi connectivity index (χ0n) is 19.0. The lowest BCUT2D eigenvalue weighted by molar-refractivity contribution is -0.143. The molecule has 176 valence electrons. The molecule has 0 saturated carbocycles. The Kier molecular flexibility index (Phi) is 10.1. The van der Waals surface area contributed by atoms with E-state index in [1.165, 1.54) is 0 Å². The second kappa shape index (κ2) is 11.5. The number of carbonyl (C=O) groups excluding carboxylic acids is 2. The van der Waals surface area contributed by atoms with Gasteiger partial charge in [0.15, 0.2) is 9.84 Å². The molecule has 5 N–H and O–H groups in total. The SMILES string of the molecule is CC(C)C[C@@H](C(=O)NN)[C@@H](C(=O)NO)C(CCc1cccnc1)(CC(C)C)S(C)(=O)=O. The van der Waals surface area contributed by atoms with Crippen molar-refractivity contribution in [2.75, 3.05) is 6.26 Å². The summed E-state index contributed by atoms with van der Waals surface area (Å²) < 4.78 is 25.1. The maximum absolute atomic E-state index is 13.3. The zero-order chi connectivity index (χ0) is 23.8. The van der Waals surface area contributed by atoms with E-state index in [4.69, 9.17) is 5.84 Å². The Morgan fingerprint density at radius 1 is 1.19 bits per heavy atom. The van der Waals surface area contributed by atoms with Crippen molar-refractivity contribution < 1.29 is 23.2 Å². The number of nitrogens with two attached hydrogens (primary N) is 1. The molecule has 1 aromatic rings. The lowest BCUT2D eigenvalue weighted by Crippen LogP contribution is -2.58. The van der Waals surface area contributed by atoms with Crippen LogP contribution in [0.25, 0.3) is 0 Å². The Morgan fingerprint density at radius 3 is 2.26 bits per heavy atom. The standard InChI is InChI=1S/C21H36N4O5S/c1-14(2)11-17(19(26)24-22)18(20(27)25-28)21(12-15(3)4,31(5,29)30)9-8-16-7-6-10-23-13-16/h6-7,10,13-15,17-18,28H,8-9,11-12,22H2,1-5H3,(H,24,26)(H,25,27)/t17-,18+,21?/m1/s1. The number of rotatable bonds is 12. The molecule has 9 nitrogen and oxygen atoms in total. The summed E-state index contributed by atoms with van der Waals surface area (Å²) in [6, 6.07) is 3.58. The van der Waals surface area contributed by atoms with E-state index in [-0.39, 0.29) is 31.1 Å². The minimum absolute atomic E-state index is 0.0223. The molecule has 31 heavy (non-hydrogen) atoms. The van der Waals surface area contributed by atoms with Gasteiger partial charge in [-0.25, -0.2) is 19.7 Å².